The second kappa shape index (κ2) is 4.26. The van der Waals surface area contributed by atoms with Gasteiger partial charge in [0.2, 0.25) is 0 Å². The second-order valence-electron chi connectivity index (χ2n) is 4.63. The number of fused-ring (bicyclic) bond motifs is 1. The molecule has 2 aromatic heterocycles. The van der Waals surface area contributed by atoms with Gasteiger partial charge in [0.1, 0.15) is 11.3 Å². The Kier molecular flexibility index (Phi) is 2.73. The Bertz CT molecular complexity index is 682. The number of furan rings is 1. The summed E-state index contributed by atoms with van der Waals surface area (Å²) in [7, 11) is 0. The highest BCUT2D eigenvalue weighted by Crippen LogP contribution is 2.32. The molecular formula is C15H15NOS. The number of nitrogens with two attached hydrogens (primary N) is 1. The smallest absolute Gasteiger partial charge is 0.134 e. The van der Waals surface area contributed by atoms with Crippen LogP contribution in [-0.4, -0.2) is 0 Å². The first-order valence-corrected chi connectivity index (χ1v) is 6.88. The van der Waals surface area contributed by atoms with E-state index in [4.69, 9.17) is 10.2 Å². The molecule has 1 aromatic carbocycles. The van der Waals surface area contributed by atoms with E-state index in [0.717, 1.165) is 27.9 Å². The van der Waals surface area contributed by atoms with E-state index < -0.39 is 0 Å². The summed E-state index contributed by atoms with van der Waals surface area (Å²) in [4.78, 5) is 0. The van der Waals surface area contributed by atoms with E-state index in [1.165, 1.54) is 5.56 Å². The number of aryl methyl sites for hydroxylation is 2. The molecule has 0 bridgehead atoms. The monoisotopic (exact) mass is 257 g/mol. The van der Waals surface area contributed by atoms with Crippen LogP contribution in [0.15, 0.2) is 39.4 Å². The van der Waals surface area contributed by atoms with Gasteiger partial charge in [-0.05, 0) is 48.4 Å². The zero-order valence-corrected chi connectivity index (χ0v) is 11.3. The Morgan fingerprint density at radius 3 is 2.78 bits per heavy atom. The van der Waals surface area contributed by atoms with Crippen molar-refractivity contribution in [2.45, 2.75) is 19.9 Å². The fraction of sp³-hybridized carbons (Fsp3) is 0.200. The molecule has 92 valence electrons. The van der Waals surface area contributed by atoms with Crippen LogP contribution in [0, 0.1) is 13.8 Å². The average Bonchev–Trinajstić information content (AvgIpc) is 2.98. The van der Waals surface area contributed by atoms with Crippen LogP contribution in [0.1, 0.15) is 28.5 Å². The number of hydrogen-bond acceptors (Lipinski definition) is 3. The summed E-state index contributed by atoms with van der Waals surface area (Å²) in [5.41, 5.74) is 10.7. The van der Waals surface area contributed by atoms with Gasteiger partial charge < -0.3 is 10.2 Å². The molecule has 1 unspecified atom stereocenters. The van der Waals surface area contributed by atoms with Crippen LogP contribution in [0.2, 0.25) is 0 Å². The first-order chi connectivity index (χ1) is 8.66. The topological polar surface area (TPSA) is 39.2 Å². The van der Waals surface area contributed by atoms with E-state index in [1.54, 1.807) is 11.3 Å². The van der Waals surface area contributed by atoms with Crippen molar-refractivity contribution in [3.8, 4) is 0 Å². The Hall–Kier alpha value is -1.58. The van der Waals surface area contributed by atoms with Gasteiger partial charge in [-0.25, -0.2) is 0 Å². The van der Waals surface area contributed by atoms with E-state index in [2.05, 4.69) is 31.4 Å². The second-order valence-corrected chi connectivity index (χ2v) is 5.41. The van der Waals surface area contributed by atoms with E-state index in [1.807, 2.05) is 17.5 Å². The Morgan fingerprint density at radius 1 is 1.22 bits per heavy atom. The molecule has 0 aliphatic rings. The van der Waals surface area contributed by atoms with Crippen molar-refractivity contribution < 1.29 is 4.42 Å². The van der Waals surface area contributed by atoms with Gasteiger partial charge in [0.25, 0.3) is 0 Å². The molecule has 0 fully saturated rings. The Labute approximate surface area is 110 Å². The summed E-state index contributed by atoms with van der Waals surface area (Å²) in [5.74, 6) is 0.869. The molecular weight excluding hydrogens is 242 g/mol. The molecule has 3 heteroatoms. The molecule has 0 spiro atoms. The third-order valence-corrected chi connectivity index (χ3v) is 4.01. The minimum atomic E-state index is -0.177. The fourth-order valence-corrected chi connectivity index (χ4v) is 2.95. The molecule has 2 N–H and O–H groups in total. The van der Waals surface area contributed by atoms with Gasteiger partial charge in [0, 0.05) is 10.9 Å². The quantitative estimate of drug-likeness (QED) is 0.748. The number of benzene rings is 1. The molecule has 0 saturated heterocycles. The number of hydrogen-bond donors (Lipinski definition) is 1. The van der Waals surface area contributed by atoms with Gasteiger partial charge in [-0.1, -0.05) is 11.6 Å². The molecule has 2 nitrogen and oxygen atoms in total. The van der Waals surface area contributed by atoms with Gasteiger partial charge in [-0.2, -0.15) is 11.3 Å². The van der Waals surface area contributed by atoms with Crippen LogP contribution in [0.5, 0.6) is 0 Å². The lowest BCUT2D eigenvalue weighted by molar-refractivity contribution is 0.521. The largest absolute Gasteiger partial charge is 0.459 e. The molecule has 1 atom stereocenters. The van der Waals surface area contributed by atoms with E-state index in [9.17, 15) is 0 Å². The third-order valence-electron chi connectivity index (χ3n) is 3.31. The first-order valence-electron chi connectivity index (χ1n) is 5.94. The van der Waals surface area contributed by atoms with Crippen molar-refractivity contribution >= 4 is 22.3 Å². The number of thiophene rings is 1. The van der Waals surface area contributed by atoms with Gasteiger partial charge in [-0.15, -0.1) is 0 Å². The summed E-state index contributed by atoms with van der Waals surface area (Å²) >= 11 is 1.66. The van der Waals surface area contributed by atoms with Crippen molar-refractivity contribution in [2.75, 3.05) is 0 Å². The maximum atomic E-state index is 6.28. The first kappa shape index (κ1) is 11.5. The normalized spacial score (nSPS) is 13.1. The van der Waals surface area contributed by atoms with Crippen LogP contribution in [0.25, 0.3) is 11.0 Å². The zero-order valence-electron chi connectivity index (χ0n) is 10.4. The molecule has 3 aromatic rings. The van der Waals surface area contributed by atoms with Crippen molar-refractivity contribution in [1.82, 2.24) is 0 Å². The molecule has 0 radical (unpaired) electrons. The maximum absolute atomic E-state index is 6.28. The van der Waals surface area contributed by atoms with E-state index in [0.29, 0.717) is 0 Å². The lowest BCUT2D eigenvalue weighted by Gasteiger charge is -2.07. The molecule has 3 rings (SSSR count). The number of rotatable bonds is 2. The summed E-state index contributed by atoms with van der Waals surface area (Å²) in [6, 6.07) is 8.10. The van der Waals surface area contributed by atoms with Gasteiger partial charge in [-0.3, -0.25) is 0 Å². The van der Waals surface area contributed by atoms with Gasteiger partial charge in [0.15, 0.2) is 0 Å². The maximum Gasteiger partial charge on any atom is 0.134 e. The Morgan fingerprint density at radius 2 is 2.06 bits per heavy atom. The van der Waals surface area contributed by atoms with E-state index in [-0.39, 0.29) is 6.04 Å². The van der Waals surface area contributed by atoms with Crippen LogP contribution in [0.3, 0.4) is 0 Å². The van der Waals surface area contributed by atoms with Crippen molar-refractivity contribution in [3.05, 3.63) is 57.5 Å². The molecule has 0 aliphatic carbocycles. The van der Waals surface area contributed by atoms with Crippen LogP contribution >= 0.6 is 11.3 Å². The minimum absolute atomic E-state index is 0.177. The summed E-state index contributed by atoms with van der Waals surface area (Å²) in [6.07, 6.45) is 0. The highest BCUT2D eigenvalue weighted by atomic mass is 32.1. The highest BCUT2D eigenvalue weighted by molar-refractivity contribution is 7.08. The Balaban J connectivity index is 2.15. The molecule has 0 amide bonds. The van der Waals surface area contributed by atoms with Gasteiger partial charge in [0.05, 0.1) is 6.04 Å². The third kappa shape index (κ3) is 1.76. The fourth-order valence-electron chi connectivity index (χ4n) is 2.25. The highest BCUT2D eigenvalue weighted by Gasteiger charge is 2.18. The van der Waals surface area contributed by atoms with Crippen molar-refractivity contribution in [1.29, 1.82) is 0 Å². The van der Waals surface area contributed by atoms with Crippen LogP contribution < -0.4 is 5.73 Å². The van der Waals surface area contributed by atoms with Crippen LogP contribution in [0.4, 0.5) is 0 Å². The summed E-state index contributed by atoms with van der Waals surface area (Å²) in [5, 5.41) is 5.27. The molecule has 0 saturated carbocycles. The van der Waals surface area contributed by atoms with Crippen molar-refractivity contribution in [2.24, 2.45) is 5.73 Å². The lowest BCUT2D eigenvalue weighted by Crippen LogP contribution is -2.10. The minimum Gasteiger partial charge on any atom is -0.459 e. The van der Waals surface area contributed by atoms with E-state index >= 15 is 0 Å². The molecule has 2 heterocycles. The van der Waals surface area contributed by atoms with Gasteiger partial charge >= 0.3 is 0 Å². The molecule has 18 heavy (non-hydrogen) atoms. The summed E-state index contributed by atoms with van der Waals surface area (Å²) < 4.78 is 5.92. The lowest BCUT2D eigenvalue weighted by atomic mass is 10.0. The SMILES string of the molecule is Cc1ccc2oc(C(N)c3ccsc3)c(C)c2c1. The summed E-state index contributed by atoms with van der Waals surface area (Å²) in [6.45, 7) is 4.16. The van der Waals surface area contributed by atoms with Crippen LogP contribution in [-0.2, 0) is 0 Å². The van der Waals surface area contributed by atoms with Crippen molar-refractivity contribution in [3.63, 3.8) is 0 Å². The predicted molar refractivity (Wildman–Crippen MR) is 76.0 cm³/mol. The zero-order chi connectivity index (χ0) is 12.7. The standard InChI is InChI=1S/C15H15NOS/c1-9-3-4-13-12(7-9)10(2)15(17-13)14(16)11-5-6-18-8-11/h3-8,14H,16H2,1-2H3. The molecule has 0 aliphatic heterocycles. The average molecular weight is 257 g/mol. The predicted octanol–water partition coefficient (Wildman–Crippen LogP) is 4.16.